The van der Waals surface area contributed by atoms with Gasteiger partial charge in [0.15, 0.2) is 0 Å². The normalized spacial score (nSPS) is 16.0. The van der Waals surface area contributed by atoms with Gasteiger partial charge in [0.05, 0.1) is 12.5 Å². The summed E-state index contributed by atoms with van der Waals surface area (Å²) in [6.07, 6.45) is 5.76. The van der Waals surface area contributed by atoms with E-state index in [0.717, 1.165) is 12.8 Å². The van der Waals surface area contributed by atoms with Gasteiger partial charge in [-0.25, -0.2) is 0 Å². The third kappa shape index (κ3) is 7.07. The van der Waals surface area contributed by atoms with E-state index in [1.807, 2.05) is 33.7 Å². The number of carbonyl (C=O) groups is 1. The molecule has 2 nitrogen and oxygen atoms in total. The van der Waals surface area contributed by atoms with Gasteiger partial charge in [-0.05, 0) is 19.8 Å². The number of ether oxygens (including phenoxy) is 1. The Hall–Kier alpha value is 0.716. The average molecular weight is 275 g/mol. The predicted molar refractivity (Wildman–Crippen MR) is 54.8 cm³/mol. The molecule has 0 saturated heterocycles. The average Bonchev–Trinajstić information content (AvgIpc) is 2.23. The molecule has 1 rings (SSSR count). The summed E-state index contributed by atoms with van der Waals surface area (Å²) < 4.78 is 4.94. The van der Waals surface area contributed by atoms with Crippen molar-refractivity contribution in [3.8, 4) is 0 Å². The molecule has 0 aromatic rings. The molecule has 0 aromatic carbocycles. The Morgan fingerprint density at radius 2 is 1.79 bits per heavy atom. The standard InChI is InChI=1S/C9H16O2.CH3.BrH.Mg/c1-2-11-9(10)8-6-4-3-5-7-8;;;/h8H,2-7H2,1H3;1H3;1H;/q;;;+1/p-1. The first-order chi connectivity index (χ1) is 6.34. The summed E-state index contributed by atoms with van der Waals surface area (Å²) >= 11 is 1.86. The van der Waals surface area contributed by atoms with Gasteiger partial charge in [-0.15, -0.1) is 0 Å². The van der Waals surface area contributed by atoms with Crippen LogP contribution in [0.2, 0.25) is 5.05 Å². The van der Waals surface area contributed by atoms with Crippen LogP contribution in [-0.4, -0.2) is 34.3 Å². The molecular weight excluding hydrogens is 256 g/mol. The fraction of sp³-hybridized carbons (Fsp3) is 0.900. The Morgan fingerprint density at radius 3 is 2.21 bits per heavy atom. The Kier molecular flexibility index (Phi) is 14.4. The molecular formula is C10H19BrMgO2. The van der Waals surface area contributed by atoms with Crippen LogP contribution in [0.1, 0.15) is 39.0 Å². The predicted octanol–water partition coefficient (Wildman–Crippen LogP) is -0.663. The van der Waals surface area contributed by atoms with Crippen molar-refractivity contribution in [2.45, 2.75) is 44.1 Å². The zero-order chi connectivity index (χ0) is 10.1. The van der Waals surface area contributed by atoms with Crippen LogP contribution in [0, 0.1) is 5.92 Å². The van der Waals surface area contributed by atoms with Crippen LogP contribution in [0.15, 0.2) is 0 Å². The number of halogens is 1. The quantitative estimate of drug-likeness (QED) is 0.494. The molecule has 0 N–H and O–H groups in total. The number of rotatable bonds is 2. The Morgan fingerprint density at radius 1 is 1.29 bits per heavy atom. The van der Waals surface area contributed by atoms with Crippen molar-refractivity contribution in [3.63, 3.8) is 0 Å². The van der Waals surface area contributed by atoms with Gasteiger partial charge < -0.3 is 21.7 Å². The summed E-state index contributed by atoms with van der Waals surface area (Å²) in [5.74, 6) is 0.232. The van der Waals surface area contributed by atoms with Crippen molar-refractivity contribution < 1.29 is 26.5 Å². The molecule has 0 heterocycles. The van der Waals surface area contributed by atoms with E-state index in [0.29, 0.717) is 6.61 Å². The van der Waals surface area contributed by atoms with Crippen LogP contribution in [0.5, 0.6) is 0 Å². The van der Waals surface area contributed by atoms with Crippen molar-refractivity contribution in [1.29, 1.82) is 0 Å². The summed E-state index contributed by atoms with van der Waals surface area (Å²) in [4.78, 5) is 11.2. The van der Waals surface area contributed by atoms with E-state index in [4.69, 9.17) is 4.74 Å². The van der Waals surface area contributed by atoms with Crippen LogP contribution >= 0.6 is 0 Å². The van der Waals surface area contributed by atoms with Crippen LogP contribution in [-0.2, 0) is 9.53 Å². The Balaban J connectivity index is 0. The van der Waals surface area contributed by atoms with Crippen molar-refractivity contribution in [2.24, 2.45) is 5.92 Å². The van der Waals surface area contributed by atoms with Crippen molar-refractivity contribution in [2.75, 3.05) is 6.61 Å². The fourth-order valence-corrected chi connectivity index (χ4v) is 1.60. The van der Waals surface area contributed by atoms with Gasteiger partial charge in [-0.3, -0.25) is 4.79 Å². The molecule has 4 heteroatoms. The van der Waals surface area contributed by atoms with E-state index in [2.05, 4.69) is 0 Å². The van der Waals surface area contributed by atoms with Crippen LogP contribution in [0.25, 0.3) is 0 Å². The molecule has 14 heavy (non-hydrogen) atoms. The van der Waals surface area contributed by atoms with Gasteiger partial charge in [0, 0.05) is 0 Å². The Bertz CT molecular complexity index is 136. The maximum atomic E-state index is 11.2. The second-order valence-corrected chi connectivity index (χ2v) is 3.09. The SMILES string of the molecule is CCOC(=O)C1CCCCC1.[Br-].[CH3][Mg+]. The Labute approximate surface area is 110 Å². The number of hydrogen-bond acceptors (Lipinski definition) is 2. The molecule has 80 valence electrons. The second kappa shape index (κ2) is 11.8. The molecule has 0 unspecified atom stereocenters. The summed E-state index contributed by atoms with van der Waals surface area (Å²) in [6, 6.07) is 0. The van der Waals surface area contributed by atoms with Gasteiger partial charge in [0.1, 0.15) is 0 Å². The molecule has 0 amide bonds. The van der Waals surface area contributed by atoms with Gasteiger partial charge in [-0.1, -0.05) is 19.3 Å². The molecule has 0 bridgehead atoms. The minimum atomic E-state index is 0. The number of hydrogen-bond donors (Lipinski definition) is 0. The van der Waals surface area contributed by atoms with E-state index >= 15 is 0 Å². The molecule has 0 atom stereocenters. The summed E-state index contributed by atoms with van der Waals surface area (Å²) in [5, 5.41) is 2.03. The van der Waals surface area contributed by atoms with Gasteiger partial charge >= 0.3 is 32.7 Å². The van der Waals surface area contributed by atoms with E-state index in [-0.39, 0.29) is 28.9 Å². The zero-order valence-electron chi connectivity index (χ0n) is 9.22. The monoisotopic (exact) mass is 274 g/mol. The van der Waals surface area contributed by atoms with Gasteiger partial charge in [-0.2, -0.15) is 0 Å². The molecule has 0 aliphatic heterocycles. The van der Waals surface area contributed by atoms with E-state index in [9.17, 15) is 4.79 Å². The second-order valence-electron chi connectivity index (χ2n) is 3.09. The first kappa shape index (κ1) is 17.1. The first-order valence-electron chi connectivity index (χ1n) is 5.22. The third-order valence-corrected chi connectivity index (χ3v) is 2.23. The number of carbonyl (C=O) groups excluding carboxylic acids is 1. The maximum absolute atomic E-state index is 11.2. The molecule has 0 aromatic heterocycles. The minimum absolute atomic E-state index is 0. The van der Waals surface area contributed by atoms with Gasteiger partial charge in [0.2, 0.25) is 0 Å². The van der Waals surface area contributed by atoms with Crippen LogP contribution in [0.4, 0.5) is 0 Å². The molecule has 1 fully saturated rings. The van der Waals surface area contributed by atoms with Crippen molar-refractivity contribution in [1.82, 2.24) is 0 Å². The molecule has 1 saturated carbocycles. The van der Waals surface area contributed by atoms with E-state index < -0.39 is 0 Å². The summed E-state index contributed by atoms with van der Waals surface area (Å²) in [7, 11) is 0. The van der Waals surface area contributed by atoms with Crippen LogP contribution in [0.3, 0.4) is 0 Å². The fourth-order valence-electron chi connectivity index (χ4n) is 1.60. The molecule has 1 aliphatic rings. The summed E-state index contributed by atoms with van der Waals surface area (Å²) in [5.41, 5.74) is 0. The molecule has 1 aliphatic carbocycles. The third-order valence-electron chi connectivity index (χ3n) is 2.23. The van der Waals surface area contributed by atoms with Crippen LogP contribution < -0.4 is 17.0 Å². The first-order valence-corrected chi connectivity index (χ1v) is 6.63. The van der Waals surface area contributed by atoms with E-state index in [1.165, 1.54) is 19.3 Å². The van der Waals surface area contributed by atoms with Crippen molar-refractivity contribution >= 4 is 27.7 Å². The molecule has 0 spiro atoms. The molecule has 0 radical (unpaired) electrons. The van der Waals surface area contributed by atoms with E-state index in [1.54, 1.807) is 0 Å². The number of esters is 1. The zero-order valence-corrected chi connectivity index (χ0v) is 12.2. The summed E-state index contributed by atoms with van der Waals surface area (Å²) in [6.45, 7) is 2.38. The van der Waals surface area contributed by atoms with Crippen molar-refractivity contribution in [3.05, 3.63) is 0 Å². The topological polar surface area (TPSA) is 26.3 Å². The van der Waals surface area contributed by atoms with Gasteiger partial charge in [0.25, 0.3) is 0 Å².